The second-order valence-electron chi connectivity index (χ2n) is 5.02. The third-order valence-electron chi connectivity index (χ3n) is 2.94. The van der Waals surface area contributed by atoms with Crippen molar-refractivity contribution in [3.05, 3.63) is 23.3 Å². The second kappa shape index (κ2) is 6.00. The lowest BCUT2D eigenvalue weighted by molar-refractivity contribution is -0.155. The van der Waals surface area contributed by atoms with E-state index in [1.54, 1.807) is 26.0 Å². The Morgan fingerprint density at radius 1 is 1.38 bits per heavy atom. The van der Waals surface area contributed by atoms with Gasteiger partial charge in [0.05, 0.1) is 13.7 Å². The monoisotopic (exact) mass is 317 g/mol. The largest absolute Gasteiger partial charge is 0.495 e. The van der Waals surface area contributed by atoms with Gasteiger partial charge in [0.1, 0.15) is 10.6 Å². The minimum atomic E-state index is -4.02. The lowest BCUT2D eigenvalue weighted by atomic mass is 10.1. The van der Waals surface area contributed by atoms with Gasteiger partial charge in [-0.1, -0.05) is 6.07 Å². The number of aliphatic hydroxyl groups is 1. The van der Waals surface area contributed by atoms with Gasteiger partial charge in [0.25, 0.3) is 0 Å². The highest BCUT2D eigenvalue weighted by atomic mass is 32.2. The number of carboxylic acid groups (broad SMARTS) is 1. The molecule has 1 unspecified atom stereocenters. The highest BCUT2D eigenvalue weighted by Gasteiger charge is 2.33. The van der Waals surface area contributed by atoms with Crippen LogP contribution in [-0.4, -0.2) is 43.9 Å². The van der Waals surface area contributed by atoms with Crippen molar-refractivity contribution < 1.29 is 28.2 Å². The van der Waals surface area contributed by atoms with E-state index in [0.717, 1.165) is 12.5 Å². The number of carboxylic acids is 1. The predicted molar refractivity (Wildman–Crippen MR) is 75.9 cm³/mol. The van der Waals surface area contributed by atoms with Crippen molar-refractivity contribution in [1.82, 2.24) is 4.72 Å². The van der Waals surface area contributed by atoms with Crippen LogP contribution in [0.5, 0.6) is 5.75 Å². The summed E-state index contributed by atoms with van der Waals surface area (Å²) in [6.07, 6.45) is 0. The third kappa shape index (κ3) is 3.93. The van der Waals surface area contributed by atoms with Crippen molar-refractivity contribution in [2.24, 2.45) is 0 Å². The maximum atomic E-state index is 12.3. The number of hydrogen-bond acceptors (Lipinski definition) is 5. The smallest absolute Gasteiger partial charge is 0.336 e. The average molecular weight is 317 g/mol. The topological polar surface area (TPSA) is 113 Å². The van der Waals surface area contributed by atoms with Crippen molar-refractivity contribution in [3.8, 4) is 5.75 Å². The minimum Gasteiger partial charge on any atom is -0.495 e. The summed E-state index contributed by atoms with van der Waals surface area (Å²) < 4.78 is 31.8. The Labute approximate surface area is 123 Å². The van der Waals surface area contributed by atoms with E-state index in [9.17, 15) is 18.3 Å². The van der Waals surface area contributed by atoms with Crippen LogP contribution in [-0.2, 0) is 14.8 Å². The van der Waals surface area contributed by atoms with Crippen molar-refractivity contribution in [2.75, 3.05) is 13.7 Å². The number of aryl methyl sites for hydroxylation is 2. The molecule has 8 heteroatoms. The van der Waals surface area contributed by atoms with Gasteiger partial charge >= 0.3 is 5.97 Å². The standard InChI is InChI=1S/C13H19NO6S/c1-8-5-9(2)11(10(6-8)20-4)21(18,19)14-7-13(3,17)12(15)16/h5-6,14,17H,7H2,1-4H3,(H,15,16). The van der Waals surface area contributed by atoms with E-state index < -0.39 is 28.1 Å². The van der Waals surface area contributed by atoms with E-state index in [0.29, 0.717) is 5.56 Å². The first-order valence-corrected chi connectivity index (χ1v) is 7.60. The number of aliphatic carboxylic acids is 1. The fourth-order valence-electron chi connectivity index (χ4n) is 1.79. The molecule has 1 atom stereocenters. The van der Waals surface area contributed by atoms with E-state index >= 15 is 0 Å². The minimum absolute atomic E-state index is 0.0724. The average Bonchev–Trinajstić information content (AvgIpc) is 2.35. The fourth-order valence-corrected chi connectivity index (χ4v) is 3.30. The lowest BCUT2D eigenvalue weighted by Gasteiger charge is -2.20. The Kier molecular flexibility index (Phi) is 4.98. The first-order valence-electron chi connectivity index (χ1n) is 6.12. The number of carbonyl (C=O) groups is 1. The summed E-state index contributed by atoms with van der Waals surface area (Å²) in [7, 11) is -2.67. The third-order valence-corrected chi connectivity index (χ3v) is 4.53. The van der Waals surface area contributed by atoms with Gasteiger partial charge in [-0.15, -0.1) is 0 Å². The maximum Gasteiger partial charge on any atom is 0.336 e. The Morgan fingerprint density at radius 2 is 1.95 bits per heavy atom. The molecule has 0 aliphatic heterocycles. The molecule has 0 radical (unpaired) electrons. The number of benzene rings is 1. The van der Waals surface area contributed by atoms with Crippen LogP contribution in [0.15, 0.2) is 17.0 Å². The number of ether oxygens (including phenoxy) is 1. The zero-order chi connectivity index (χ0) is 16.4. The molecule has 21 heavy (non-hydrogen) atoms. The van der Waals surface area contributed by atoms with Crippen LogP contribution in [0.25, 0.3) is 0 Å². The molecule has 0 fully saturated rings. The second-order valence-corrected chi connectivity index (χ2v) is 6.72. The summed E-state index contributed by atoms with van der Waals surface area (Å²) >= 11 is 0. The van der Waals surface area contributed by atoms with Crippen molar-refractivity contribution in [2.45, 2.75) is 31.3 Å². The summed E-state index contributed by atoms with van der Waals surface area (Å²) in [4.78, 5) is 10.7. The van der Waals surface area contributed by atoms with Crippen molar-refractivity contribution in [1.29, 1.82) is 0 Å². The fraction of sp³-hybridized carbons (Fsp3) is 0.462. The van der Waals surface area contributed by atoms with Gasteiger partial charge in [0.15, 0.2) is 5.60 Å². The molecule has 0 saturated carbocycles. The van der Waals surface area contributed by atoms with Gasteiger partial charge in [-0.25, -0.2) is 17.9 Å². The Morgan fingerprint density at radius 3 is 2.43 bits per heavy atom. The van der Waals surface area contributed by atoms with E-state index in [1.807, 2.05) is 0 Å². The molecular weight excluding hydrogens is 298 g/mol. The first-order chi connectivity index (χ1) is 9.51. The van der Waals surface area contributed by atoms with E-state index in [1.165, 1.54) is 7.11 Å². The molecule has 0 amide bonds. The van der Waals surface area contributed by atoms with Crippen LogP contribution in [0.1, 0.15) is 18.1 Å². The summed E-state index contributed by atoms with van der Waals surface area (Å²) in [6, 6.07) is 3.24. The zero-order valence-electron chi connectivity index (χ0n) is 12.3. The van der Waals surface area contributed by atoms with Gasteiger partial charge in [-0.05, 0) is 38.0 Å². The molecule has 1 aromatic rings. The normalized spacial score (nSPS) is 14.5. The van der Waals surface area contributed by atoms with E-state index in [-0.39, 0.29) is 10.6 Å². The summed E-state index contributed by atoms with van der Waals surface area (Å²) in [5.74, 6) is -1.35. The van der Waals surface area contributed by atoms with Gasteiger partial charge in [0, 0.05) is 0 Å². The highest BCUT2D eigenvalue weighted by molar-refractivity contribution is 7.89. The van der Waals surface area contributed by atoms with Gasteiger partial charge in [-0.2, -0.15) is 0 Å². The summed E-state index contributed by atoms with van der Waals surface area (Å²) in [5, 5.41) is 18.4. The molecular formula is C13H19NO6S. The Bertz CT molecular complexity index is 651. The SMILES string of the molecule is COc1cc(C)cc(C)c1S(=O)(=O)NCC(C)(O)C(=O)O. The van der Waals surface area contributed by atoms with Crippen molar-refractivity contribution in [3.63, 3.8) is 0 Å². The number of nitrogens with one attached hydrogen (secondary N) is 1. The first kappa shape index (κ1) is 17.4. The number of sulfonamides is 1. The molecule has 0 heterocycles. The van der Waals surface area contributed by atoms with Crippen LogP contribution in [0.3, 0.4) is 0 Å². The number of rotatable bonds is 6. The molecule has 3 N–H and O–H groups in total. The van der Waals surface area contributed by atoms with E-state index in [2.05, 4.69) is 4.72 Å². The molecule has 1 rings (SSSR count). The summed E-state index contributed by atoms with van der Waals surface area (Å²) in [5.41, 5.74) is -0.894. The molecule has 7 nitrogen and oxygen atoms in total. The van der Waals surface area contributed by atoms with Crippen LogP contribution >= 0.6 is 0 Å². The lowest BCUT2D eigenvalue weighted by Crippen LogP contribution is -2.46. The van der Waals surface area contributed by atoms with Crippen molar-refractivity contribution >= 4 is 16.0 Å². The summed E-state index contributed by atoms with van der Waals surface area (Å²) in [6.45, 7) is 3.77. The van der Waals surface area contributed by atoms with Crippen LogP contribution < -0.4 is 9.46 Å². The number of hydrogen-bond donors (Lipinski definition) is 3. The quantitative estimate of drug-likeness (QED) is 0.701. The number of methoxy groups -OCH3 is 1. The van der Waals surface area contributed by atoms with Crippen LogP contribution in [0, 0.1) is 13.8 Å². The molecule has 0 saturated heterocycles. The highest BCUT2D eigenvalue weighted by Crippen LogP contribution is 2.28. The maximum absolute atomic E-state index is 12.3. The molecule has 0 bridgehead atoms. The van der Waals surface area contributed by atoms with Gasteiger partial charge < -0.3 is 14.9 Å². The predicted octanol–water partition coefficient (Wildman–Crippen LogP) is 0.426. The zero-order valence-corrected chi connectivity index (χ0v) is 13.1. The molecule has 0 aliphatic rings. The Balaban J connectivity index is 3.18. The Hall–Kier alpha value is -1.64. The van der Waals surface area contributed by atoms with Gasteiger partial charge in [0.2, 0.25) is 10.0 Å². The van der Waals surface area contributed by atoms with Crippen LogP contribution in [0.4, 0.5) is 0 Å². The van der Waals surface area contributed by atoms with Gasteiger partial charge in [-0.3, -0.25) is 0 Å². The molecule has 0 aliphatic carbocycles. The van der Waals surface area contributed by atoms with E-state index in [4.69, 9.17) is 9.84 Å². The molecule has 118 valence electrons. The molecule has 1 aromatic carbocycles. The van der Waals surface area contributed by atoms with Crippen LogP contribution in [0.2, 0.25) is 0 Å². The molecule has 0 spiro atoms. The molecule has 0 aromatic heterocycles.